The van der Waals surface area contributed by atoms with Crippen LogP contribution in [0.5, 0.6) is 0 Å². The molecule has 0 spiro atoms. The maximum Gasteiger partial charge on any atom is 1.00 e. The van der Waals surface area contributed by atoms with E-state index < -0.39 is 21.5 Å². The topological polar surface area (TPSA) is 57.2 Å². The first kappa shape index (κ1) is 15.7. The first-order chi connectivity index (χ1) is 4.50. The first-order valence-electron chi connectivity index (χ1n) is 1.90. The third-order valence-electron chi connectivity index (χ3n) is 0.644. The quantitative estimate of drug-likeness (QED) is 0.293. The van der Waals surface area contributed by atoms with E-state index >= 15 is 0 Å². The maximum atomic E-state index is 11.4. The molecule has 3 nitrogen and oxygen atoms in total. The third-order valence-corrected chi connectivity index (χ3v) is 1.50. The van der Waals surface area contributed by atoms with E-state index in [1.807, 2.05) is 0 Å². The fourth-order valence-corrected chi connectivity index (χ4v) is 0.425. The predicted molar refractivity (Wildman–Crippen MR) is 20.7 cm³/mol. The number of alkyl halides is 5. The third kappa shape index (κ3) is 3.16. The van der Waals surface area contributed by atoms with Gasteiger partial charge in [-0.2, -0.15) is 22.0 Å². The van der Waals surface area contributed by atoms with Gasteiger partial charge in [0.05, 0.1) is 0 Å². The molecule has 0 saturated heterocycles. The molecule has 12 heavy (non-hydrogen) atoms. The molecule has 0 fully saturated rings. The van der Waals surface area contributed by atoms with Crippen LogP contribution < -0.4 is 51.4 Å². The molecule has 0 N–H and O–H groups in total. The van der Waals surface area contributed by atoms with Gasteiger partial charge in [0, 0.05) is 0 Å². The predicted octanol–water partition coefficient (Wildman–Crippen LogP) is -2.31. The van der Waals surface area contributed by atoms with Crippen molar-refractivity contribution in [1.82, 2.24) is 0 Å². The molecule has 0 radical (unpaired) electrons. The summed E-state index contributed by atoms with van der Waals surface area (Å²) >= 11 is 0. The van der Waals surface area contributed by atoms with Crippen LogP contribution in [0.2, 0.25) is 0 Å². The molecular weight excluding hydrogens is 238 g/mol. The molecule has 0 aliphatic heterocycles. The van der Waals surface area contributed by atoms with Crippen LogP contribution in [0.1, 0.15) is 0 Å². The second kappa shape index (κ2) is 4.15. The Morgan fingerprint density at radius 2 is 1.25 bits per heavy atom. The van der Waals surface area contributed by atoms with Crippen LogP contribution in [0.15, 0.2) is 0 Å². The van der Waals surface area contributed by atoms with Crippen LogP contribution in [-0.4, -0.2) is 24.4 Å². The molecule has 10 heteroatoms. The summed E-state index contributed by atoms with van der Waals surface area (Å²) in [4.78, 5) is 0. The number of rotatable bonds is 1. The van der Waals surface area contributed by atoms with Gasteiger partial charge in [-0.3, -0.25) is 0 Å². The molecule has 0 aromatic heterocycles. The minimum absolute atomic E-state index is 0. The minimum Gasteiger partial charge on any atom is -0.743 e. The molecule has 0 aliphatic rings. The van der Waals surface area contributed by atoms with Crippen molar-refractivity contribution < 1.29 is 86.3 Å². The summed E-state index contributed by atoms with van der Waals surface area (Å²) in [6.45, 7) is 0. The van der Waals surface area contributed by atoms with Gasteiger partial charge < -0.3 is 4.55 Å². The van der Waals surface area contributed by atoms with Gasteiger partial charge in [-0.05, 0) is 0 Å². The summed E-state index contributed by atoms with van der Waals surface area (Å²) in [7, 11) is -6.67. The van der Waals surface area contributed by atoms with E-state index in [0.29, 0.717) is 0 Å². The van der Waals surface area contributed by atoms with Crippen LogP contribution in [0, 0.1) is 0 Å². The van der Waals surface area contributed by atoms with E-state index in [1.54, 1.807) is 0 Å². The molecule has 0 saturated carbocycles. The van der Waals surface area contributed by atoms with Gasteiger partial charge in [0.2, 0.25) is 0 Å². The van der Waals surface area contributed by atoms with Gasteiger partial charge in [0.25, 0.3) is 0 Å². The molecule has 68 valence electrons. The van der Waals surface area contributed by atoms with Crippen molar-refractivity contribution >= 4 is 10.1 Å². The van der Waals surface area contributed by atoms with Crippen LogP contribution >= 0.6 is 0 Å². The molecular formula is C2F5KO3S. The Balaban J connectivity index is 0. The monoisotopic (exact) mass is 238 g/mol. The van der Waals surface area contributed by atoms with Gasteiger partial charge in [-0.15, -0.1) is 0 Å². The van der Waals surface area contributed by atoms with Crippen LogP contribution in [0.25, 0.3) is 0 Å². The van der Waals surface area contributed by atoms with Crippen LogP contribution in [-0.2, 0) is 10.1 Å². The van der Waals surface area contributed by atoms with Crippen molar-refractivity contribution in [3.63, 3.8) is 0 Å². The van der Waals surface area contributed by atoms with E-state index in [-0.39, 0.29) is 51.4 Å². The van der Waals surface area contributed by atoms with E-state index in [0.717, 1.165) is 0 Å². The van der Waals surface area contributed by atoms with Gasteiger partial charge in [-0.25, -0.2) is 8.42 Å². The Hall–Kier alpha value is 1.20. The Morgan fingerprint density at radius 1 is 1.00 bits per heavy atom. The Morgan fingerprint density at radius 3 is 1.25 bits per heavy atom. The summed E-state index contributed by atoms with van der Waals surface area (Å²) in [6, 6.07) is 0. The van der Waals surface area contributed by atoms with Crippen molar-refractivity contribution in [2.45, 2.75) is 11.4 Å². The van der Waals surface area contributed by atoms with Crippen molar-refractivity contribution in [1.29, 1.82) is 0 Å². The van der Waals surface area contributed by atoms with E-state index in [2.05, 4.69) is 0 Å². The summed E-state index contributed by atoms with van der Waals surface area (Å²) in [6.07, 6.45) is -6.35. The van der Waals surface area contributed by atoms with E-state index in [1.165, 1.54) is 0 Å². The van der Waals surface area contributed by atoms with Crippen LogP contribution in [0.3, 0.4) is 0 Å². The smallest absolute Gasteiger partial charge is 0.743 e. The zero-order valence-corrected chi connectivity index (χ0v) is 9.46. The first-order valence-corrected chi connectivity index (χ1v) is 3.31. The van der Waals surface area contributed by atoms with E-state index in [4.69, 9.17) is 0 Å². The SMILES string of the molecule is O=S(=O)([O-])C(F)(F)C(F)(F)F.[K+]. The second-order valence-corrected chi connectivity index (χ2v) is 2.89. The second-order valence-electron chi connectivity index (χ2n) is 1.47. The fraction of sp³-hybridized carbons (Fsp3) is 1.00. The van der Waals surface area contributed by atoms with Crippen molar-refractivity contribution in [2.75, 3.05) is 0 Å². The molecule has 0 rings (SSSR count). The Labute approximate surface area is 106 Å². The normalized spacial score (nSPS) is 13.8. The van der Waals surface area contributed by atoms with E-state index in [9.17, 15) is 34.9 Å². The summed E-state index contributed by atoms with van der Waals surface area (Å²) in [5, 5.41) is -6.21. The maximum absolute atomic E-state index is 11.4. The van der Waals surface area contributed by atoms with Crippen molar-refractivity contribution in [2.24, 2.45) is 0 Å². The zero-order chi connectivity index (χ0) is 9.50. The molecule has 0 aromatic rings. The largest absolute Gasteiger partial charge is 1.00 e. The molecule has 0 amide bonds. The number of halogens is 5. The molecule has 0 bridgehead atoms. The van der Waals surface area contributed by atoms with Crippen molar-refractivity contribution in [3.8, 4) is 0 Å². The molecule has 0 aliphatic carbocycles. The Kier molecular flexibility index (Phi) is 5.41. The van der Waals surface area contributed by atoms with Gasteiger partial charge >= 0.3 is 62.8 Å². The van der Waals surface area contributed by atoms with Gasteiger partial charge in [0.15, 0.2) is 10.1 Å². The molecule has 0 unspecified atom stereocenters. The molecule has 0 heterocycles. The standard InChI is InChI=1S/C2HF5O3S.K/c3-1(4,5)2(6,7)11(8,9)10;/h(H,8,9,10);/q;+1/p-1. The summed E-state index contributed by atoms with van der Waals surface area (Å²) in [5.41, 5.74) is 0. The van der Waals surface area contributed by atoms with Crippen LogP contribution in [0.4, 0.5) is 22.0 Å². The fourth-order valence-electron chi connectivity index (χ4n) is 0.142. The van der Waals surface area contributed by atoms with Crippen molar-refractivity contribution in [3.05, 3.63) is 0 Å². The van der Waals surface area contributed by atoms with Gasteiger partial charge in [-0.1, -0.05) is 0 Å². The van der Waals surface area contributed by atoms with Gasteiger partial charge in [0.1, 0.15) is 0 Å². The minimum atomic E-state index is -6.67. The average Bonchev–Trinajstić information content (AvgIpc) is 1.58. The summed E-state index contributed by atoms with van der Waals surface area (Å²) < 4.78 is 83.6. The number of hydrogen-bond acceptors (Lipinski definition) is 3. The summed E-state index contributed by atoms with van der Waals surface area (Å²) in [5.74, 6) is 0. The average molecular weight is 238 g/mol. The number of hydrogen-bond donors (Lipinski definition) is 0. The Bertz CT molecular complexity index is 242. The zero-order valence-electron chi connectivity index (χ0n) is 5.52. The molecule has 0 aromatic carbocycles. The molecule has 0 atom stereocenters.